The first-order chi connectivity index (χ1) is 13.1. The first-order valence-corrected chi connectivity index (χ1v) is 9.71. The van der Waals surface area contributed by atoms with Gasteiger partial charge in [0.2, 0.25) is 0 Å². The molecule has 0 fully saturated rings. The van der Waals surface area contributed by atoms with Gasteiger partial charge in [0.1, 0.15) is 0 Å². The van der Waals surface area contributed by atoms with E-state index >= 15 is 0 Å². The molecular formula is C27H26. The van der Waals surface area contributed by atoms with E-state index in [1.54, 1.807) is 0 Å². The number of aryl methyl sites for hydroxylation is 1. The number of hydrogen-bond acceptors (Lipinski definition) is 0. The maximum absolute atomic E-state index is 3.89. The van der Waals surface area contributed by atoms with Crippen molar-refractivity contribution in [2.75, 3.05) is 0 Å². The van der Waals surface area contributed by atoms with Crippen molar-refractivity contribution >= 4 is 5.57 Å². The van der Waals surface area contributed by atoms with Crippen molar-refractivity contribution in [3.8, 4) is 11.1 Å². The van der Waals surface area contributed by atoms with E-state index in [1.165, 1.54) is 39.0 Å². The molecule has 0 atom stereocenters. The van der Waals surface area contributed by atoms with Crippen molar-refractivity contribution in [1.29, 1.82) is 0 Å². The van der Waals surface area contributed by atoms with Gasteiger partial charge in [-0.15, -0.1) is 0 Å². The van der Waals surface area contributed by atoms with Crippen LogP contribution in [0.2, 0.25) is 0 Å². The van der Waals surface area contributed by atoms with Gasteiger partial charge in [-0.2, -0.15) is 0 Å². The Morgan fingerprint density at radius 1 is 0.852 bits per heavy atom. The summed E-state index contributed by atoms with van der Waals surface area (Å²) in [5.74, 6) is 0. The molecule has 0 aromatic heterocycles. The van der Waals surface area contributed by atoms with Crippen molar-refractivity contribution in [3.63, 3.8) is 0 Å². The Morgan fingerprint density at radius 2 is 1.56 bits per heavy atom. The van der Waals surface area contributed by atoms with Crippen molar-refractivity contribution in [2.24, 2.45) is 0 Å². The van der Waals surface area contributed by atoms with Crippen LogP contribution in [0, 0.1) is 0 Å². The molecule has 0 unspecified atom stereocenters. The highest BCUT2D eigenvalue weighted by Crippen LogP contribution is 2.48. The Kier molecular flexibility index (Phi) is 4.58. The minimum Gasteiger partial charge on any atom is -0.0991 e. The Morgan fingerprint density at radius 3 is 2.33 bits per heavy atom. The lowest BCUT2D eigenvalue weighted by Gasteiger charge is -2.22. The SMILES string of the molecule is C=C/C=C(\CCc1ccc2c(c1)C(C)(C)c1ccccc1-2)c1ccccc1. The molecule has 0 heterocycles. The lowest BCUT2D eigenvalue weighted by molar-refractivity contribution is 0.659. The second-order valence-electron chi connectivity index (χ2n) is 7.84. The first-order valence-electron chi connectivity index (χ1n) is 9.71. The molecule has 3 aromatic rings. The quantitative estimate of drug-likeness (QED) is 0.427. The predicted octanol–water partition coefficient (Wildman–Crippen LogP) is 7.20. The van der Waals surface area contributed by atoms with E-state index in [-0.39, 0.29) is 5.41 Å². The highest BCUT2D eigenvalue weighted by Gasteiger charge is 2.34. The Labute approximate surface area is 162 Å². The largest absolute Gasteiger partial charge is 0.0991 e. The molecule has 0 heteroatoms. The third-order valence-electron chi connectivity index (χ3n) is 5.79. The number of fused-ring (bicyclic) bond motifs is 3. The number of hydrogen-bond donors (Lipinski definition) is 0. The molecule has 1 aliphatic rings. The minimum absolute atomic E-state index is 0.0706. The van der Waals surface area contributed by atoms with E-state index in [0.29, 0.717) is 0 Å². The van der Waals surface area contributed by atoms with Gasteiger partial charge < -0.3 is 0 Å². The van der Waals surface area contributed by atoms with Gasteiger partial charge in [0.25, 0.3) is 0 Å². The van der Waals surface area contributed by atoms with E-state index in [2.05, 4.69) is 99.3 Å². The highest BCUT2D eigenvalue weighted by molar-refractivity contribution is 5.81. The summed E-state index contributed by atoms with van der Waals surface area (Å²) < 4.78 is 0. The van der Waals surface area contributed by atoms with Gasteiger partial charge >= 0.3 is 0 Å². The third-order valence-corrected chi connectivity index (χ3v) is 5.79. The van der Waals surface area contributed by atoms with Crippen LogP contribution in [0.3, 0.4) is 0 Å². The fourth-order valence-corrected chi connectivity index (χ4v) is 4.30. The van der Waals surface area contributed by atoms with Crippen LogP contribution in [0.1, 0.15) is 42.5 Å². The van der Waals surface area contributed by atoms with E-state index < -0.39 is 0 Å². The average Bonchev–Trinajstić information content (AvgIpc) is 2.93. The zero-order valence-corrected chi connectivity index (χ0v) is 16.2. The van der Waals surface area contributed by atoms with Crippen LogP contribution >= 0.6 is 0 Å². The van der Waals surface area contributed by atoms with Gasteiger partial charge in [-0.05, 0) is 51.8 Å². The van der Waals surface area contributed by atoms with Gasteiger partial charge in [0.05, 0.1) is 0 Å². The molecule has 1 aliphatic carbocycles. The maximum Gasteiger partial charge on any atom is 0.0158 e. The molecule has 0 saturated carbocycles. The van der Waals surface area contributed by atoms with Crippen molar-refractivity contribution in [3.05, 3.63) is 114 Å². The minimum atomic E-state index is 0.0706. The Bertz CT molecular complexity index is 1000. The van der Waals surface area contributed by atoms with Crippen molar-refractivity contribution in [1.82, 2.24) is 0 Å². The lowest BCUT2D eigenvalue weighted by atomic mass is 9.81. The van der Waals surface area contributed by atoms with Crippen LogP contribution in [-0.2, 0) is 11.8 Å². The molecule has 0 nitrogen and oxygen atoms in total. The van der Waals surface area contributed by atoms with E-state index in [0.717, 1.165) is 12.8 Å². The van der Waals surface area contributed by atoms with Crippen LogP contribution in [0.25, 0.3) is 16.7 Å². The first kappa shape index (κ1) is 17.5. The molecule has 3 aromatic carbocycles. The second kappa shape index (κ2) is 7.04. The molecule has 0 spiro atoms. The number of rotatable bonds is 5. The molecule has 0 aliphatic heterocycles. The maximum atomic E-state index is 3.89. The summed E-state index contributed by atoms with van der Waals surface area (Å²) in [6.07, 6.45) is 6.09. The van der Waals surface area contributed by atoms with Crippen LogP contribution < -0.4 is 0 Å². The predicted molar refractivity (Wildman–Crippen MR) is 117 cm³/mol. The monoisotopic (exact) mass is 350 g/mol. The van der Waals surface area contributed by atoms with Gasteiger partial charge in [-0.25, -0.2) is 0 Å². The molecule has 27 heavy (non-hydrogen) atoms. The second-order valence-corrected chi connectivity index (χ2v) is 7.84. The van der Waals surface area contributed by atoms with Gasteiger partial charge in [0, 0.05) is 5.41 Å². The topological polar surface area (TPSA) is 0 Å². The van der Waals surface area contributed by atoms with Crippen LogP contribution in [-0.4, -0.2) is 0 Å². The fourth-order valence-electron chi connectivity index (χ4n) is 4.30. The molecule has 0 amide bonds. The van der Waals surface area contributed by atoms with Crippen molar-refractivity contribution in [2.45, 2.75) is 32.1 Å². The molecule has 4 rings (SSSR count). The zero-order valence-electron chi connectivity index (χ0n) is 16.2. The fraction of sp³-hybridized carbons (Fsp3) is 0.185. The number of benzene rings is 3. The summed E-state index contributed by atoms with van der Waals surface area (Å²) in [6.45, 7) is 8.58. The van der Waals surface area contributed by atoms with E-state index in [9.17, 15) is 0 Å². The molecule has 0 saturated heterocycles. The Hall–Kier alpha value is -2.86. The standard InChI is InChI=1S/C27H26/c1-4-10-21(22-11-6-5-7-12-22)17-15-20-16-18-24-23-13-8-9-14-25(23)27(2,3)26(24)19-20/h4-14,16,18-19H,1,15,17H2,2-3H3/b21-10+. The number of allylic oxidation sites excluding steroid dienone is 3. The van der Waals surface area contributed by atoms with Crippen LogP contribution in [0.15, 0.2) is 91.5 Å². The molecule has 0 N–H and O–H groups in total. The molecular weight excluding hydrogens is 324 g/mol. The summed E-state index contributed by atoms with van der Waals surface area (Å²) in [5.41, 5.74) is 9.77. The zero-order chi connectivity index (χ0) is 18.9. The average molecular weight is 351 g/mol. The molecule has 0 bridgehead atoms. The van der Waals surface area contributed by atoms with Crippen molar-refractivity contribution < 1.29 is 0 Å². The smallest absolute Gasteiger partial charge is 0.0158 e. The van der Waals surface area contributed by atoms with Gasteiger partial charge in [0.15, 0.2) is 0 Å². The highest BCUT2D eigenvalue weighted by atomic mass is 14.4. The van der Waals surface area contributed by atoms with E-state index in [4.69, 9.17) is 0 Å². The summed E-state index contributed by atoms with van der Waals surface area (Å²) in [4.78, 5) is 0. The van der Waals surface area contributed by atoms with Crippen LogP contribution in [0.5, 0.6) is 0 Å². The summed E-state index contributed by atoms with van der Waals surface area (Å²) in [5, 5.41) is 0. The lowest BCUT2D eigenvalue weighted by Crippen LogP contribution is -2.15. The third kappa shape index (κ3) is 3.17. The van der Waals surface area contributed by atoms with Crippen LogP contribution in [0.4, 0.5) is 0 Å². The molecule has 134 valence electrons. The Balaban J connectivity index is 1.61. The summed E-state index contributed by atoms with van der Waals surface area (Å²) in [7, 11) is 0. The normalized spacial score (nSPS) is 14.5. The molecule has 0 radical (unpaired) electrons. The summed E-state index contributed by atoms with van der Waals surface area (Å²) in [6, 6.07) is 26.5. The van der Waals surface area contributed by atoms with E-state index in [1.807, 2.05) is 6.08 Å². The van der Waals surface area contributed by atoms with Gasteiger partial charge in [-0.3, -0.25) is 0 Å². The summed E-state index contributed by atoms with van der Waals surface area (Å²) >= 11 is 0. The van der Waals surface area contributed by atoms with Gasteiger partial charge in [-0.1, -0.05) is 105 Å².